The van der Waals surface area contributed by atoms with Crippen molar-refractivity contribution < 1.29 is 22.7 Å². The summed E-state index contributed by atoms with van der Waals surface area (Å²) in [6.07, 6.45) is 4.31. The number of ether oxygens (including phenoxy) is 2. The fourth-order valence-corrected chi connectivity index (χ4v) is 8.46. The van der Waals surface area contributed by atoms with Gasteiger partial charge in [0, 0.05) is 77.7 Å². The van der Waals surface area contributed by atoms with Gasteiger partial charge >= 0.3 is 0 Å². The highest BCUT2D eigenvalue weighted by molar-refractivity contribution is 7.91. The van der Waals surface area contributed by atoms with Crippen LogP contribution < -0.4 is 25.4 Å². The fourth-order valence-electron chi connectivity index (χ4n) is 6.32. The monoisotopic (exact) mass is 723 g/mol. The summed E-state index contributed by atoms with van der Waals surface area (Å²) in [7, 11) is 0.293. The van der Waals surface area contributed by atoms with Crippen molar-refractivity contribution in [2.45, 2.75) is 50.9 Å². The third-order valence-corrected chi connectivity index (χ3v) is 11.6. The Balaban J connectivity index is 1.21. The van der Waals surface area contributed by atoms with Gasteiger partial charge in [0.2, 0.25) is 11.8 Å². The number of nitrogens with zero attached hydrogens (tertiary/aromatic N) is 2. The van der Waals surface area contributed by atoms with Gasteiger partial charge in [0.05, 0.1) is 47.2 Å². The Kier molecular flexibility index (Phi) is 11.1. The highest BCUT2D eigenvalue weighted by Gasteiger charge is 2.24. The number of carbonyl (C=O) groups is 1. The summed E-state index contributed by atoms with van der Waals surface area (Å²) in [5.41, 5.74) is 6.07. The minimum absolute atomic E-state index is 0.0933. The van der Waals surface area contributed by atoms with E-state index in [1.54, 1.807) is 20.4 Å². The van der Waals surface area contributed by atoms with E-state index in [-0.39, 0.29) is 29.5 Å². The predicted octanol–water partition coefficient (Wildman–Crippen LogP) is 5.84. The van der Waals surface area contributed by atoms with Gasteiger partial charge in [0.25, 0.3) is 0 Å². The molecule has 6 rings (SSSR count). The molecule has 1 amide bonds. The molecule has 4 aromatic rings. The number of methoxy groups -OCH3 is 2. The van der Waals surface area contributed by atoms with Crippen molar-refractivity contribution in [2.24, 2.45) is 0 Å². The maximum absolute atomic E-state index is 11.8. The predicted molar refractivity (Wildman–Crippen MR) is 193 cm³/mol. The van der Waals surface area contributed by atoms with E-state index in [2.05, 4.69) is 20.9 Å². The van der Waals surface area contributed by atoms with Crippen LogP contribution in [0.2, 0.25) is 10.0 Å². The largest absolute Gasteiger partial charge is 0.496 e. The van der Waals surface area contributed by atoms with E-state index in [9.17, 15) is 13.2 Å². The van der Waals surface area contributed by atoms with Crippen molar-refractivity contribution in [1.82, 2.24) is 25.9 Å². The Labute approximate surface area is 296 Å². The average molecular weight is 725 g/mol. The third kappa shape index (κ3) is 8.19. The SMILES string of the molecule is COc1cc(-c2nccc(-c3cccc(-c4ccc(CNC[C@@H]5CCC(=O)N5)c(OC)n4)c3Cl)c2Cl)ccc1CNC1CCS(=O)(=O)CC1. The first-order valence-corrected chi connectivity index (χ1v) is 18.8. The van der Waals surface area contributed by atoms with Gasteiger partial charge in [-0.05, 0) is 37.5 Å². The zero-order valence-corrected chi connectivity index (χ0v) is 29.7. The van der Waals surface area contributed by atoms with E-state index in [1.165, 1.54) is 0 Å². The Morgan fingerprint density at radius 2 is 1.65 bits per heavy atom. The maximum Gasteiger partial charge on any atom is 0.220 e. The summed E-state index contributed by atoms with van der Waals surface area (Å²) in [6.45, 7) is 1.76. The lowest BCUT2D eigenvalue weighted by Gasteiger charge is -2.23. The molecule has 0 bridgehead atoms. The van der Waals surface area contributed by atoms with E-state index in [0.29, 0.717) is 72.0 Å². The molecule has 2 aliphatic heterocycles. The highest BCUT2D eigenvalue weighted by atomic mass is 35.5. The highest BCUT2D eigenvalue weighted by Crippen LogP contribution is 2.42. The number of hydrogen-bond donors (Lipinski definition) is 3. The molecular weight excluding hydrogens is 685 g/mol. The van der Waals surface area contributed by atoms with Crippen LogP contribution in [-0.2, 0) is 27.7 Å². The first-order chi connectivity index (χ1) is 23.7. The fraction of sp³-hybridized carbons (Fsp3) is 0.361. The summed E-state index contributed by atoms with van der Waals surface area (Å²) < 4.78 is 35.0. The molecule has 10 nitrogen and oxygen atoms in total. The summed E-state index contributed by atoms with van der Waals surface area (Å²) >= 11 is 14.1. The van der Waals surface area contributed by atoms with Crippen molar-refractivity contribution in [3.63, 3.8) is 0 Å². The lowest BCUT2D eigenvalue weighted by molar-refractivity contribution is -0.119. The number of carbonyl (C=O) groups excluding carboxylic acids is 1. The minimum atomic E-state index is -2.92. The van der Waals surface area contributed by atoms with Gasteiger partial charge in [-0.25, -0.2) is 13.4 Å². The first kappa shape index (κ1) is 35.1. The number of nitrogens with one attached hydrogen (secondary N) is 3. The molecule has 4 heterocycles. The molecule has 2 aromatic carbocycles. The first-order valence-electron chi connectivity index (χ1n) is 16.2. The molecule has 2 aromatic heterocycles. The molecule has 258 valence electrons. The molecular formula is C36H39Cl2N5O5S. The molecule has 3 N–H and O–H groups in total. The smallest absolute Gasteiger partial charge is 0.220 e. The number of aromatic nitrogens is 2. The van der Waals surface area contributed by atoms with Crippen LogP contribution in [0, 0.1) is 0 Å². The molecule has 0 spiro atoms. The summed E-state index contributed by atoms with van der Waals surface area (Å²) in [6, 6.07) is 17.6. The zero-order valence-electron chi connectivity index (χ0n) is 27.4. The molecule has 0 aliphatic carbocycles. The van der Waals surface area contributed by atoms with Crippen LogP contribution in [0.4, 0.5) is 0 Å². The van der Waals surface area contributed by atoms with Crippen molar-refractivity contribution in [2.75, 3.05) is 32.3 Å². The number of benzene rings is 2. The molecule has 0 unspecified atom stereocenters. The van der Waals surface area contributed by atoms with Crippen molar-refractivity contribution in [3.05, 3.63) is 82.0 Å². The van der Waals surface area contributed by atoms with Gasteiger partial charge in [0.1, 0.15) is 15.6 Å². The standard InChI is InChI=1S/C36H39Cl2N5O5S/c1-47-31-18-22(6-7-23(31)20-41-25-13-16-49(45,46)17-14-25)35-34(38)28(12-15-40-35)27-4-3-5-29(33(27)37)30-10-8-24(36(43-30)48-2)19-39-21-26-9-11-32(44)42-26/h3-8,10,12,15,18,25-26,39,41H,9,11,13-14,16-17,19-21H2,1-2H3,(H,42,44)/t26-/m0/s1. The number of rotatable bonds is 12. The number of pyridine rings is 2. The van der Waals surface area contributed by atoms with Crippen LogP contribution in [-0.4, -0.2) is 68.6 Å². The molecule has 13 heteroatoms. The van der Waals surface area contributed by atoms with Gasteiger partial charge in [0.15, 0.2) is 0 Å². The van der Waals surface area contributed by atoms with E-state index >= 15 is 0 Å². The van der Waals surface area contributed by atoms with Gasteiger partial charge < -0.3 is 25.4 Å². The van der Waals surface area contributed by atoms with Gasteiger partial charge in [-0.2, -0.15) is 0 Å². The molecule has 0 radical (unpaired) electrons. The van der Waals surface area contributed by atoms with Crippen molar-refractivity contribution in [3.8, 4) is 45.3 Å². The Bertz CT molecular complexity index is 1940. The topological polar surface area (TPSA) is 132 Å². The zero-order chi connectivity index (χ0) is 34.5. The van der Waals surface area contributed by atoms with Gasteiger partial charge in [-0.15, -0.1) is 0 Å². The maximum atomic E-state index is 11.8. The van der Waals surface area contributed by atoms with E-state index in [4.69, 9.17) is 37.7 Å². The third-order valence-electron chi connectivity index (χ3n) is 9.07. The number of hydrogen-bond acceptors (Lipinski definition) is 9. The van der Waals surface area contributed by atoms with Crippen LogP contribution in [0.25, 0.3) is 33.6 Å². The lowest BCUT2D eigenvalue weighted by atomic mass is 9.99. The Morgan fingerprint density at radius 1 is 0.898 bits per heavy atom. The molecule has 2 fully saturated rings. The molecule has 2 aliphatic rings. The van der Waals surface area contributed by atoms with Crippen molar-refractivity contribution >= 4 is 38.9 Å². The van der Waals surface area contributed by atoms with Gasteiger partial charge in [-0.1, -0.05) is 59.6 Å². The second-order valence-electron chi connectivity index (χ2n) is 12.3. The number of halogens is 2. The second kappa shape index (κ2) is 15.4. The Hall–Kier alpha value is -3.74. The van der Waals surface area contributed by atoms with Crippen LogP contribution >= 0.6 is 23.2 Å². The normalized spacial score (nSPS) is 17.6. The van der Waals surface area contributed by atoms with Crippen LogP contribution in [0.15, 0.2) is 60.8 Å². The summed E-state index contributed by atoms with van der Waals surface area (Å²) in [5.74, 6) is 1.70. The minimum Gasteiger partial charge on any atom is -0.496 e. The summed E-state index contributed by atoms with van der Waals surface area (Å²) in [5, 5.41) is 10.8. The lowest BCUT2D eigenvalue weighted by Crippen LogP contribution is -2.37. The van der Waals surface area contributed by atoms with Crippen LogP contribution in [0.5, 0.6) is 11.6 Å². The second-order valence-corrected chi connectivity index (χ2v) is 15.4. The van der Waals surface area contributed by atoms with E-state index in [0.717, 1.165) is 39.8 Å². The van der Waals surface area contributed by atoms with E-state index < -0.39 is 9.84 Å². The quantitative estimate of drug-likeness (QED) is 0.165. The average Bonchev–Trinajstić information content (AvgIpc) is 3.52. The number of sulfone groups is 1. The van der Waals surface area contributed by atoms with Crippen LogP contribution in [0.3, 0.4) is 0 Å². The molecule has 1 atom stereocenters. The Morgan fingerprint density at radius 3 is 2.39 bits per heavy atom. The molecule has 49 heavy (non-hydrogen) atoms. The summed E-state index contributed by atoms with van der Waals surface area (Å²) in [4.78, 5) is 20.9. The molecule has 0 saturated carbocycles. The van der Waals surface area contributed by atoms with E-state index in [1.807, 2.05) is 54.6 Å². The van der Waals surface area contributed by atoms with Crippen molar-refractivity contribution in [1.29, 1.82) is 0 Å². The number of amides is 1. The van der Waals surface area contributed by atoms with Gasteiger partial charge in [-0.3, -0.25) is 9.78 Å². The molecule has 2 saturated heterocycles. The van der Waals surface area contributed by atoms with Crippen LogP contribution in [0.1, 0.15) is 36.8 Å².